The molecule has 0 saturated heterocycles. The summed E-state index contributed by atoms with van der Waals surface area (Å²) in [6.45, 7) is 14.7. The van der Waals surface area contributed by atoms with Gasteiger partial charge in [0.15, 0.2) is 0 Å². The third-order valence-corrected chi connectivity index (χ3v) is 6.16. The number of nitrogens with zero attached hydrogens (tertiary/aromatic N) is 1. The Morgan fingerprint density at radius 1 is 0.500 bits per heavy atom. The molecule has 0 spiro atoms. The highest BCUT2D eigenvalue weighted by Crippen LogP contribution is 2.13. The van der Waals surface area contributed by atoms with Crippen molar-refractivity contribution in [1.29, 1.82) is 0 Å². The van der Waals surface area contributed by atoms with Crippen LogP contribution in [-0.4, -0.2) is 36.1 Å². The van der Waals surface area contributed by atoms with Gasteiger partial charge in [0, 0.05) is 0 Å². The maximum absolute atomic E-state index is 2.43. The van der Waals surface area contributed by atoms with Crippen LogP contribution in [0.1, 0.15) is 118 Å². The van der Waals surface area contributed by atoms with E-state index in [1.165, 1.54) is 121 Å². The van der Waals surface area contributed by atoms with Gasteiger partial charge in [0.05, 0.1) is 26.2 Å². The van der Waals surface area contributed by atoms with Crippen molar-refractivity contribution in [2.45, 2.75) is 118 Å². The molecule has 0 aliphatic rings. The van der Waals surface area contributed by atoms with Crippen LogP contribution < -0.4 is 0 Å². The largest absolute Gasteiger partial charge is 0.870 e. The van der Waals surface area contributed by atoms with Gasteiger partial charge in [-0.05, 0) is 59.3 Å². The first-order valence-corrected chi connectivity index (χ1v) is 11.7. The van der Waals surface area contributed by atoms with Crippen molar-refractivity contribution in [2.24, 2.45) is 0 Å². The zero-order chi connectivity index (χ0) is 18.6. The van der Waals surface area contributed by atoms with E-state index >= 15 is 0 Å². The highest BCUT2D eigenvalue weighted by Gasteiger charge is 2.19. The lowest BCUT2D eigenvalue weighted by molar-refractivity contribution is -0.923. The normalized spacial score (nSPS) is 11.8. The Morgan fingerprint density at radius 3 is 1.31 bits per heavy atom. The molecule has 0 aromatic carbocycles. The highest BCUT2D eigenvalue weighted by molar-refractivity contribution is 4.81. The number of allylic oxidation sites excluding steroid dienone is 2. The molecule has 0 aromatic heterocycles. The van der Waals surface area contributed by atoms with Gasteiger partial charge >= 0.3 is 0 Å². The van der Waals surface area contributed by atoms with Crippen LogP contribution in [0.3, 0.4) is 0 Å². The van der Waals surface area contributed by atoms with Crippen LogP contribution in [-0.2, 0) is 0 Å². The average Bonchev–Trinajstić information content (AvgIpc) is 2.65. The van der Waals surface area contributed by atoms with Gasteiger partial charge in [-0.25, -0.2) is 0 Å². The summed E-state index contributed by atoms with van der Waals surface area (Å²) in [5, 5.41) is 0. The number of hydrogen-bond acceptors (Lipinski definition) is 1. The van der Waals surface area contributed by atoms with Crippen LogP contribution in [0.15, 0.2) is 12.2 Å². The van der Waals surface area contributed by atoms with Crippen molar-refractivity contribution in [3.8, 4) is 0 Å². The molecular weight excluding hydrogens is 318 g/mol. The number of hydrogen-bond donors (Lipinski definition) is 0. The van der Waals surface area contributed by atoms with Gasteiger partial charge in [0.1, 0.15) is 0 Å². The van der Waals surface area contributed by atoms with E-state index in [0.717, 1.165) is 0 Å². The minimum absolute atomic E-state index is 0. The molecule has 0 bridgehead atoms. The number of quaternary nitrogens is 1. The quantitative estimate of drug-likeness (QED) is 0.130. The Bertz CT molecular complexity index is 276. The summed E-state index contributed by atoms with van der Waals surface area (Å²) in [6.07, 6.45) is 24.5. The van der Waals surface area contributed by atoms with Gasteiger partial charge < -0.3 is 9.96 Å². The molecule has 2 nitrogen and oxygen atoms in total. The third-order valence-electron chi connectivity index (χ3n) is 6.16. The molecule has 0 radical (unpaired) electrons. The van der Waals surface area contributed by atoms with Gasteiger partial charge in [0.25, 0.3) is 0 Å². The van der Waals surface area contributed by atoms with Crippen molar-refractivity contribution < 1.29 is 9.96 Å². The number of rotatable bonds is 19. The summed E-state index contributed by atoms with van der Waals surface area (Å²) in [4.78, 5) is 0. The predicted molar refractivity (Wildman–Crippen MR) is 118 cm³/mol. The predicted octanol–water partition coefficient (Wildman–Crippen LogP) is 7.72. The smallest absolute Gasteiger partial charge is 0.0786 e. The van der Waals surface area contributed by atoms with Crippen LogP contribution in [0.25, 0.3) is 0 Å². The molecule has 0 heterocycles. The topological polar surface area (TPSA) is 30.0 Å². The summed E-state index contributed by atoms with van der Waals surface area (Å²) in [5.74, 6) is 0. The zero-order valence-corrected chi connectivity index (χ0v) is 18.8. The fourth-order valence-electron chi connectivity index (χ4n) is 3.84. The van der Waals surface area contributed by atoms with Crippen LogP contribution in [0, 0.1) is 0 Å². The molecule has 0 saturated carbocycles. The molecule has 26 heavy (non-hydrogen) atoms. The van der Waals surface area contributed by atoms with Gasteiger partial charge in [-0.1, -0.05) is 70.4 Å². The molecule has 0 atom stereocenters. The van der Waals surface area contributed by atoms with Crippen LogP contribution in [0.4, 0.5) is 0 Å². The fraction of sp³-hybridized carbons (Fsp3) is 0.917. The molecule has 0 aliphatic heterocycles. The van der Waals surface area contributed by atoms with Gasteiger partial charge in [-0.15, -0.1) is 0 Å². The zero-order valence-electron chi connectivity index (χ0n) is 18.8. The SMILES string of the molecule is CCCCCCCCC=CCCCCCCCC[N+](CC)(CC)CC.[OH-]. The molecule has 0 aliphatic carbocycles. The van der Waals surface area contributed by atoms with Gasteiger partial charge in [-0.3, -0.25) is 0 Å². The maximum Gasteiger partial charge on any atom is 0.0786 e. The van der Waals surface area contributed by atoms with Crippen LogP contribution >= 0.6 is 0 Å². The van der Waals surface area contributed by atoms with E-state index in [9.17, 15) is 0 Å². The van der Waals surface area contributed by atoms with E-state index in [-0.39, 0.29) is 5.48 Å². The highest BCUT2D eigenvalue weighted by atomic mass is 16.0. The van der Waals surface area contributed by atoms with Crippen molar-refractivity contribution >= 4 is 0 Å². The van der Waals surface area contributed by atoms with Crippen LogP contribution in [0.5, 0.6) is 0 Å². The Labute approximate surface area is 166 Å². The minimum Gasteiger partial charge on any atom is -0.870 e. The van der Waals surface area contributed by atoms with Crippen LogP contribution in [0.2, 0.25) is 0 Å². The summed E-state index contributed by atoms with van der Waals surface area (Å²) in [5.41, 5.74) is 0. The molecular formula is C24H51NO. The number of unbranched alkanes of at least 4 members (excludes halogenated alkanes) is 12. The molecule has 158 valence electrons. The van der Waals surface area contributed by atoms with E-state index in [1.807, 2.05) is 0 Å². The van der Waals surface area contributed by atoms with E-state index in [4.69, 9.17) is 0 Å². The Kier molecular flexibility index (Phi) is 22.5. The first-order valence-electron chi connectivity index (χ1n) is 11.7. The molecule has 0 unspecified atom stereocenters. The summed E-state index contributed by atoms with van der Waals surface area (Å²) in [6, 6.07) is 0. The second kappa shape index (κ2) is 21.0. The Hall–Kier alpha value is -0.340. The minimum atomic E-state index is 0. The summed E-state index contributed by atoms with van der Waals surface area (Å²) >= 11 is 0. The standard InChI is InChI=1S/C24H50N.H2O/c1-5-9-10-11-12-13-14-15-16-17-18-19-20-21-22-23-24-25(6-2,7-3)8-4;/h15-16H,5-14,17-24H2,1-4H3;1H2/q+1;/p-1. The van der Waals surface area contributed by atoms with Crippen molar-refractivity contribution in [2.75, 3.05) is 26.2 Å². The second-order valence-corrected chi connectivity index (χ2v) is 7.95. The summed E-state index contributed by atoms with van der Waals surface area (Å²) < 4.78 is 1.32. The molecule has 0 fully saturated rings. The monoisotopic (exact) mass is 369 g/mol. The molecule has 1 N–H and O–H groups in total. The molecule has 0 amide bonds. The summed E-state index contributed by atoms with van der Waals surface area (Å²) in [7, 11) is 0. The van der Waals surface area contributed by atoms with E-state index in [0.29, 0.717) is 0 Å². The van der Waals surface area contributed by atoms with E-state index < -0.39 is 0 Å². The Balaban J connectivity index is 0. The van der Waals surface area contributed by atoms with E-state index in [2.05, 4.69) is 39.8 Å². The van der Waals surface area contributed by atoms with Crippen molar-refractivity contribution in [1.82, 2.24) is 0 Å². The van der Waals surface area contributed by atoms with Gasteiger partial charge in [-0.2, -0.15) is 0 Å². The third kappa shape index (κ3) is 15.9. The van der Waals surface area contributed by atoms with Gasteiger partial charge in [0.2, 0.25) is 0 Å². The van der Waals surface area contributed by atoms with E-state index in [1.54, 1.807) is 0 Å². The second-order valence-electron chi connectivity index (χ2n) is 7.95. The average molecular weight is 370 g/mol. The lowest BCUT2D eigenvalue weighted by atomic mass is 10.1. The first kappa shape index (κ1) is 27.9. The Morgan fingerprint density at radius 2 is 0.885 bits per heavy atom. The van der Waals surface area contributed by atoms with Crippen molar-refractivity contribution in [3.05, 3.63) is 12.2 Å². The van der Waals surface area contributed by atoms with Crippen molar-refractivity contribution in [3.63, 3.8) is 0 Å². The fourth-order valence-corrected chi connectivity index (χ4v) is 3.84. The molecule has 0 aromatic rings. The first-order chi connectivity index (χ1) is 12.2. The maximum atomic E-state index is 2.43. The molecule has 2 heteroatoms. The lowest BCUT2D eigenvalue weighted by Crippen LogP contribution is -2.48. The molecule has 0 rings (SSSR count). The lowest BCUT2D eigenvalue weighted by Gasteiger charge is -2.35.